The fourth-order valence-corrected chi connectivity index (χ4v) is 2.54. The van der Waals surface area contributed by atoms with Crippen molar-refractivity contribution in [3.63, 3.8) is 0 Å². The van der Waals surface area contributed by atoms with Gasteiger partial charge in [-0.15, -0.1) is 0 Å². The molecule has 6 heteroatoms. The third-order valence-corrected chi connectivity index (χ3v) is 3.74. The van der Waals surface area contributed by atoms with E-state index < -0.39 is 11.4 Å². The van der Waals surface area contributed by atoms with Gasteiger partial charge in [0.25, 0.3) is 0 Å². The molecule has 2 aliphatic rings. The van der Waals surface area contributed by atoms with Gasteiger partial charge in [-0.2, -0.15) is 0 Å². The van der Waals surface area contributed by atoms with Gasteiger partial charge in [0.15, 0.2) is 0 Å². The van der Waals surface area contributed by atoms with Crippen molar-refractivity contribution in [2.24, 2.45) is 0 Å². The Morgan fingerprint density at radius 2 is 1.20 bits per heavy atom. The van der Waals surface area contributed by atoms with E-state index >= 15 is 0 Å². The SMILES string of the molecule is CC1(C)OCCN1C(=O)/C=C\C(=O)N1CCOC1(C)C. The number of amides is 2. The Morgan fingerprint density at radius 3 is 1.45 bits per heavy atom. The van der Waals surface area contributed by atoms with Crippen LogP contribution in [-0.2, 0) is 19.1 Å². The number of hydrogen-bond donors (Lipinski definition) is 0. The molecule has 0 unspecified atom stereocenters. The number of hydrogen-bond acceptors (Lipinski definition) is 4. The first kappa shape index (κ1) is 15.0. The molecule has 2 saturated heterocycles. The lowest BCUT2D eigenvalue weighted by atomic mass is 10.2. The number of ether oxygens (including phenoxy) is 2. The second-order valence-corrected chi connectivity index (χ2v) is 5.90. The van der Waals surface area contributed by atoms with Crippen LogP contribution in [0, 0.1) is 0 Å². The summed E-state index contributed by atoms with van der Waals surface area (Å²) in [6.45, 7) is 9.48. The quantitative estimate of drug-likeness (QED) is 0.701. The predicted octanol–water partition coefficient (Wildman–Crippen LogP) is 0.732. The van der Waals surface area contributed by atoms with Crippen molar-refractivity contribution in [1.82, 2.24) is 9.80 Å². The van der Waals surface area contributed by atoms with Gasteiger partial charge in [-0.05, 0) is 27.7 Å². The molecule has 0 spiro atoms. The Labute approximate surface area is 119 Å². The van der Waals surface area contributed by atoms with Crippen LogP contribution < -0.4 is 0 Å². The second-order valence-electron chi connectivity index (χ2n) is 5.90. The van der Waals surface area contributed by atoms with Crippen molar-refractivity contribution in [1.29, 1.82) is 0 Å². The molecule has 0 aromatic heterocycles. The molecule has 2 aliphatic heterocycles. The lowest BCUT2D eigenvalue weighted by molar-refractivity contribution is -0.141. The molecule has 0 aromatic rings. The first-order chi connectivity index (χ1) is 9.24. The van der Waals surface area contributed by atoms with Crippen molar-refractivity contribution >= 4 is 11.8 Å². The summed E-state index contributed by atoms with van der Waals surface area (Å²) in [6, 6.07) is 0. The Hall–Kier alpha value is -1.40. The van der Waals surface area contributed by atoms with Gasteiger partial charge in [-0.1, -0.05) is 0 Å². The summed E-state index contributed by atoms with van der Waals surface area (Å²) >= 11 is 0. The van der Waals surface area contributed by atoms with Crippen molar-refractivity contribution < 1.29 is 19.1 Å². The molecule has 2 rings (SSSR count). The van der Waals surface area contributed by atoms with Crippen LogP contribution in [0.1, 0.15) is 27.7 Å². The maximum atomic E-state index is 12.1. The van der Waals surface area contributed by atoms with Crippen molar-refractivity contribution in [3.05, 3.63) is 12.2 Å². The monoisotopic (exact) mass is 282 g/mol. The summed E-state index contributed by atoms with van der Waals surface area (Å²) in [6.07, 6.45) is 2.63. The molecular weight excluding hydrogens is 260 g/mol. The van der Waals surface area contributed by atoms with Crippen LogP contribution in [0.2, 0.25) is 0 Å². The molecule has 0 aliphatic carbocycles. The van der Waals surface area contributed by atoms with Crippen LogP contribution in [0.15, 0.2) is 12.2 Å². The molecule has 20 heavy (non-hydrogen) atoms. The summed E-state index contributed by atoms with van der Waals surface area (Å²) in [5, 5.41) is 0. The maximum absolute atomic E-state index is 12.1. The molecule has 2 heterocycles. The molecule has 6 nitrogen and oxygen atoms in total. The van der Waals surface area contributed by atoms with Gasteiger partial charge in [-0.25, -0.2) is 0 Å². The summed E-state index contributed by atoms with van der Waals surface area (Å²) in [5.74, 6) is -0.419. The van der Waals surface area contributed by atoms with Gasteiger partial charge in [0.1, 0.15) is 11.4 Å². The van der Waals surface area contributed by atoms with E-state index in [1.165, 1.54) is 12.2 Å². The van der Waals surface area contributed by atoms with Crippen LogP contribution in [-0.4, -0.2) is 59.4 Å². The van der Waals surface area contributed by atoms with E-state index in [-0.39, 0.29) is 11.8 Å². The molecule has 0 radical (unpaired) electrons. The topological polar surface area (TPSA) is 59.1 Å². The van der Waals surface area contributed by atoms with E-state index in [1.807, 2.05) is 27.7 Å². The van der Waals surface area contributed by atoms with E-state index in [4.69, 9.17) is 9.47 Å². The van der Waals surface area contributed by atoms with Crippen molar-refractivity contribution in [2.75, 3.05) is 26.3 Å². The molecule has 112 valence electrons. The van der Waals surface area contributed by atoms with Crippen molar-refractivity contribution in [2.45, 2.75) is 39.1 Å². The van der Waals surface area contributed by atoms with Crippen molar-refractivity contribution in [3.8, 4) is 0 Å². The molecule has 0 saturated carbocycles. The fraction of sp³-hybridized carbons (Fsp3) is 0.714. The number of carbonyl (C=O) groups is 2. The van der Waals surface area contributed by atoms with Crippen LogP contribution in [0.4, 0.5) is 0 Å². The van der Waals surface area contributed by atoms with Gasteiger partial charge in [0, 0.05) is 25.2 Å². The zero-order valence-electron chi connectivity index (χ0n) is 12.5. The lowest BCUT2D eigenvalue weighted by Crippen LogP contribution is -2.44. The lowest BCUT2D eigenvalue weighted by Gasteiger charge is -2.30. The van der Waals surface area contributed by atoms with Gasteiger partial charge in [0.2, 0.25) is 11.8 Å². The molecular formula is C14H22N2O4. The minimum atomic E-state index is -0.611. The predicted molar refractivity (Wildman–Crippen MR) is 72.6 cm³/mol. The molecule has 0 aromatic carbocycles. The van der Waals surface area contributed by atoms with Gasteiger partial charge in [0.05, 0.1) is 13.2 Å². The molecule has 0 bridgehead atoms. The maximum Gasteiger partial charge on any atom is 0.249 e. The van der Waals surface area contributed by atoms with E-state index in [0.29, 0.717) is 26.3 Å². The van der Waals surface area contributed by atoms with Crippen LogP contribution >= 0.6 is 0 Å². The van der Waals surface area contributed by atoms with E-state index in [1.54, 1.807) is 9.80 Å². The first-order valence-corrected chi connectivity index (χ1v) is 6.83. The van der Waals surface area contributed by atoms with Crippen LogP contribution in [0.25, 0.3) is 0 Å². The second kappa shape index (κ2) is 5.18. The Bertz CT molecular complexity index is 402. The highest BCUT2D eigenvalue weighted by Gasteiger charge is 2.37. The van der Waals surface area contributed by atoms with E-state index in [2.05, 4.69) is 0 Å². The normalized spacial score (nSPS) is 24.6. The minimum absolute atomic E-state index is 0.209. The Kier molecular flexibility index (Phi) is 3.88. The fourth-order valence-electron chi connectivity index (χ4n) is 2.54. The number of carbonyl (C=O) groups excluding carboxylic acids is 2. The average molecular weight is 282 g/mol. The van der Waals surface area contributed by atoms with Gasteiger partial charge < -0.3 is 19.3 Å². The summed E-state index contributed by atoms with van der Waals surface area (Å²) in [5.41, 5.74) is -1.22. The highest BCUT2D eigenvalue weighted by molar-refractivity contribution is 5.97. The number of rotatable bonds is 2. The van der Waals surface area contributed by atoms with Gasteiger partial charge >= 0.3 is 0 Å². The van der Waals surface area contributed by atoms with Gasteiger partial charge in [-0.3, -0.25) is 9.59 Å². The van der Waals surface area contributed by atoms with Crippen LogP contribution in [0.5, 0.6) is 0 Å². The zero-order valence-corrected chi connectivity index (χ0v) is 12.5. The zero-order chi connectivity index (χ0) is 15.0. The van der Waals surface area contributed by atoms with Crippen LogP contribution in [0.3, 0.4) is 0 Å². The number of nitrogens with zero attached hydrogens (tertiary/aromatic N) is 2. The highest BCUT2D eigenvalue weighted by Crippen LogP contribution is 2.23. The summed E-state index contributed by atoms with van der Waals surface area (Å²) in [4.78, 5) is 27.4. The molecule has 0 atom stereocenters. The third-order valence-electron chi connectivity index (χ3n) is 3.74. The smallest absolute Gasteiger partial charge is 0.249 e. The highest BCUT2D eigenvalue weighted by atomic mass is 16.5. The molecule has 0 N–H and O–H groups in total. The summed E-state index contributed by atoms with van der Waals surface area (Å²) in [7, 11) is 0. The van der Waals surface area contributed by atoms with E-state index in [9.17, 15) is 9.59 Å². The Morgan fingerprint density at radius 1 is 0.850 bits per heavy atom. The largest absolute Gasteiger partial charge is 0.354 e. The third kappa shape index (κ3) is 2.86. The standard InChI is InChI=1S/C14H22N2O4/c1-13(2)15(7-9-19-13)11(17)5-6-12(18)16-8-10-20-14(16,3)4/h5-6H,7-10H2,1-4H3/b6-5-. The summed E-state index contributed by atoms with van der Waals surface area (Å²) < 4.78 is 10.9. The molecule has 2 amide bonds. The minimum Gasteiger partial charge on any atom is -0.354 e. The average Bonchev–Trinajstić information content (AvgIpc) is 2.87. The Balaban J connectivity index is 1.99. The molecule has 2 fully saturated rings. The van der Waals surface area contributed by atoms with E-state index in [0.717, 1.165) is 0 Å². The first-order valence-electron chi connectivity index (χ1n) is 6.83.